The molecule has 1 aromatic heterocycles. The molecule has 1 saturated heterocycles. The fourth-order valence-corrected chi connectivity index (χ4v) is 4.71. The van der Waals surface area contributed by atoms with Gasteiger partial charge >= 0.3 is 0 Å². The van der Waals surface area contributed by atoms with E-state index in [1.165, 1.54) is 17.5 Å². The SMILES string of the molecule is CN1CCC(N(Cc2cccc(-c3ccc4[nH]ccc4c3)c2)C(=O)c2ccc(F)cc2)CC1. The van der Waals surface area contributed by atoms with Crippen molar-refractivity contribution in [3.05, 3.63) is 95.9 Å². The summed E-state index contributed by atoms with van der Waals surface area (Å²) in [7, 11) is 2.12. The number of nitrogens with one attached hydrogen (secondary N) is 1. The Morgan fingerprint density at radius 1 is 1.00 bits per heavy atom. The third-order valence-corrected chi connectivity index (χ3v) is 6.65. The summed E-state index contributed by atoms with van der Waals surface area (Å²) < 4.78 is 13.4. The number of nitrogens with zero attached hydrogens (tertiary/aromatic N) is 2. The highest BCUT2D eigenvalue weighted by Gasteiger charge is 2.28. The van der Waals surface area contributed by atoms with E-state index < -0.39 is 0 Å². The number of piperidine rings is 1. The van der Waals surface area contributed by atoms with Gasteiger partial charge < -0.3 is 14.8 Å². The van der Waals surface area contributed by atoms with Gasteiger partial charge in [0, 0.05) is 29.9 Å². The van der Waals surface area contributed by atoms with Crippen molar-refractivity contribution in [3.63, 3.8) is 0 Å². The second-order valence-electron chi connectivity index (χ2n) is 8.95. The summed E-state index contributed by atoms with van der Waals surface area (Å²) >= 11 is 0. The van der Waals surface area contributed by atoms with Crippen LogP contribution in [0.2, 0.25) is 0 Å². The minimum absolute atomic E-state index is 0.0382. The summed E-state index contributed by atoms with van der Waals surface area (Å²) in [5, 5.41) is 1.18. The molecular formula is C28H28FN3O. The highest BCUT2D eigenvalue weighted by atomic mass is 19.1. The summed E-state index contributed by atoms with van der Waals surface area (Å²) in [6.45, 7) is 2.47. The Labute approximate surface area is 193 Å². The van der Waals surface area contributed by atoms with Gasteiger partial charge in [-0.3, -0.25) is 4.79 Å². The monoisotopic (exact) mass is 441 g/mol. The second-order valence-corrected chi connectivity index (χ2v) is 8.95. The normalized spacial score (nSPS) is 15.1. The van der Waals surface area contributed by atoms with Crippen LogP contribution < -0.4 is 0 Å². The second kappa shape index (κ2) is 9.20. The summed E-state index contributed by atoms with van der Waals surface area (Å²) in [4.78, 5) is 21.0. The van der Waals surface area contributed by atoms with Crippen LogP contribution in [-0.2, 0) is 6.54 Å². The van der Waals surface area contributed by atoms with Crippen molar-refractivity contribution in [1.82, 2.24) is 14.8 Å². The number of carbonyl (C=O) groups excluding carboxylic acids is 1. The van der Waals surface area contributed by atoms with E-state index in [2.05, 4.69) is 65.5 Å². The van der Waals surface area contributed by atoms with Crippen LogP contribution >= 0.6 is 0 Å². The van der Waals surface area contributed by atoms with E-state index in [4.69, 9.17) is 0 Å². The number of amides is 1. The lowest BCUT2D eigenvalue weighted by Crippen LogP contribution is -2.46. The van der Waals surface area contributed by atoms with Crippen molar-refractivity contribution in [2.24, 2.45) is 0 Å². The van der Waals surface area contributed by atoms with Crippen LogP contribution in [0.3, 0.4) is 0 Å². The number of likely N-dealkylation sites (tertiary alicyclic amines) is 1. The maximum absolute atomic E-state index is 13.5. The van der Waals surface area contributed by atoms with E-state index in [1.54, 1.807) is 12.1 Å². The molecule has 0 unspecified atom stereocenters. The highest BCUT2D eigenvalue weighted by molar-refractivity contribution is 5.94. The van der Waals surface area contributed by atoms with Crippen molar-refractivity contribution < 1.29 is 9.18 Å². The Hall–Kier alpha value is -3.44. The fourth-order valence-electron chi connectivity index (χ4n) is 4.71. The number of fused-ring (bicyclic) bond motifs is 1. The van der Waals surface area contributed by atoms with E-state index >= 15 is 0 Å². The molecule has 0 atom stereocenters. The third-order valence-electron chi connectivity index (χ3n) is 6.65. The summed E-state index contributed by atoms with van der Waals surface area (Å²) in [5.74, 6) is -0.367. The number of aromatic nitrogens is 1. The molecule has 1 N–H and O–H groups in total. The average Bonchev–Trinajstić information content (AvgIpc) is 3.31. The van der Waals surface area contributed by atoms with Crippen LogP contribution in [0.4, 0.5) is 4.39 Å². The topological polar surface area (TPSA) is 39.3 Å². The first-order valence-corrected chi connectivity index (χ1v) is 11.5. The Bertz CT molecular complexity index is 1260. The van der Waals surface area contributed by atoms with Crippen molar-refractivity contribution in [2.75, 3.05) is 20.1 Å². The number of rotatable bonds is 5. The molecule has 0 aliphatic carbocycles. The van der Waals surface area contributed by atoms with E-state index in [0.29, 0.717) is 12.1 Å². The van der Waals surface area contributed by atoms with Gasteiger partial charge in [0.2, 0.25) is 0 Å². The van der Waals surface area contributed by atoms with E-state index in [9.17, 15) is 9.18 Å². The van der Waals surface area contributed by atoms with E-state index in [-0.39, 0.29) is 17.8 Å². The van der Waals surface area contributed by atoms with Gasteiger partial charge in [0.05, 0.1) is 0 Å². The molecule has 2 heterocycles. The average molecular weight is 442 g/mol. The summed E-state index contributed by atoms with van der Waals surface area (Å²) in [5.41, 5.74) is 5.03. The molecule has 4 aromatic rings. The minimum atomic E-state index is -0.329. The van der Waals surface area contributed by atoms with Crippen molar-refractivity contribution in [3.8, 4) is 11.1 Å². The van der Waals surface area contributed by atoms with Crippen LogP contribution in [0.1, 0.15) is 28.8 Å². The van der Waals surface area contributed by atoms with Crippen molar-refractivity contribution >= 4 is 16.8 Å². The van der Waals surface area contributed by atoms with Gasteiger partial charge in [-0.2, -0.15) is 0 Å². The molecule has 168 valence electrons. The smallest absolute Gasteiger partial charge is 0.254 e. The molecular weight excluding hydrogens is 413 g/mol. The number of H-pyrrole nitrogens is 1. The van der Waals surface area contributed by atoms with Gasteiger partial charge in [-0.1, -0.05) is 24.3 Å². The predicted octanol–water partition coefficient (Wildman–Crippen LogP) is 5.71. The molecule has 4 nitrogen and oxygen atoms in total. The van der Waals surface area contributed by atoms with E-state index in [1.807, 2.05) is 11.1 Å². The molecule has 5 rings (SSSR count). The van der Waals surface area contributed by atoms with E-state index in [0.717, 1.165) is 48.1 Å². The predicted molar refractivity (Wildman–Crippen MR) is 131 cm³/mol. The van der Waals surface area contributed by atoms with Crippen LogP contribution in [0.25, 0.3) is 22.0 Å². The quantitative estimate of drug-likeness (QED) is 0.431. The Morgan fingerprint density at radius 3 is 2.55 bits per heavy atom. The Balaban J connectivity index is 1.44. The Morgan fingerprint density at radius 2 is 1.76 bits per heavy atom. The number of aromatic amines is 1. The van der Waals surface area contributed by atoms with Gasteiger partial charge in [0.15, 0.2) is 0 Å². The van der Waals surface area contributed by atoms with Crippen LogP contribution in [-0.4, -0.2) is 46.9 Å². The lowest BCUT2D eigenvalue weighted by atomic mass is 9.99. The van der Waals surface area contributed by atoms with Crippen molar-refractivity contribution in [1.29, 1.82) is 0 Å². The van der Waals surface area contributed by atoms with Gasteiger partial charge in [-0.05, 0) is 104 Å². The maximum Gasteiger partial charge on any atom is 0.254 e. The zero-order chi connectivity index (χ0) is 22.8. The number of hydrogen-bond donors (Lipinski definition) is 1. The molecule has 1 aliphatic rings. The molecule has 3 aromatic carbocycles. The number of benzene rings is 3. The first-order valence-electron chi connectivity index (χ1n) is 11.5. The molecule has 1 aliphatic heterocycles. The first-order chi connectivity index (χ1) is 16.1. The molecule has 5 heteroatoms. The standard InChI is InChI=1S/C28H28FN3O/c1-31-15-12-26(13-16-31)32(28(33)21-5-8-25(29)9-6-21)19-20-3-2-4-22(17-20)23-7-10-27-24(18-23)11-14-30-27/h2-11,14,17-18,26,30H,12-13,15-16,19H2,1H3. The fraction of sp³-hybridized carbons (Fsp3) is 0.250. The van der Waals surface area contributed by atoms with Gasteiger partial charge in [0.25, 0.3) is 5.91 Å². The van der Waals surface area contributed by atoms with Crippen LogP contribution in [0, 0.1) is 5.82 Å². The van der Waals surface area contributed by atoms with Gasteiger partial charge in [0.1, 0.15) is 5.82 Å². The molecule has 0 bridgehead atoms. The molecule has 0 spiro atoms. The van der Waals surface area contributed by atoms with Crippen molar-refractivity contribution in [2.45, 2.75) is 25.4 Å². The number of hydrogen-bond acceptors (Lipinski definition) is 2. The number of halogens is 1. The highest BCUT2D eigenvalue weighted by Crippen LogP contribution is 2.27. The number of carbonyl (C=O) groups is 1. The zero-order valence-corrected chi connectivity index (χ0v) is 18.8. The molecule has 0 saturated carbocycles. The summed E-state index contributed by atoms with van der Waals surface area (Å²) in [6.07, 6.45) is 3.83. The molecule has 33 heavy (non-hydrogen) atoms. The molecule has 1 amide bonds. The first kappa shape index (κ1) is 21.4. The van der Waals surface area contributed by atoms with Crippen LogP contribution in [0.15, 0.2) is 79.0 Å². The molecule has 0 radical (unpaired) electrons. The largest absolute Gasteiger partial charge is 0.361 e. The lowest BCUT2D eigenvalue weighted by molar-refractivity contribution is 0.0569. The Kier molecular flexibility index (Phi) is 5.97. The van der Waals surface area contributed by atoms with Crippen LogP contribution in [0.5, 0.6) is 0 Å². The third kappa shape index (κ3) is 4.69. The van der Waals surface area contributed by atoms with Gasteiger partial charge in [-0.15, -0.1) is 0 Å². The summed E-state index contributed by atoms with van der Waals surface area (Å²) in [6, 6.07) is 23.0. The molecule has 1 fully saturated rings. The lowest BCUT2D eigenvalue weighted by Gasteiger charge is -2.37. The zero-order valence-electron chi connectivity index (χ0n) is 18.8. The maximum atomic E-state index is 13.5. The minimum Gasteiger partial charge on any atom is -0.361 e. The van der Waals surface area contributed by atoms with Gasteiger partial charge in [-0.25, -0.2) is 4.39 Å².